The normalized spacial score (nSPS) is 9.33. The average Bonchev–Trinajstić information content (AvgIpc) is 2.30. The number of rotatable bonds is 3. The summed E-state index contributed by atoms with van der Waals surface area (Å²) >= 11 is 0. The molecule has 0 aromatic heterocycles. The molecule has 0 bridgehead atoms. The maximum absolute atomic E-state index is 10.6. The van der Waals surface area contributed by atoms with Crippen molar-refractivity contribution in [2.75, 3.05) is 7.11 Å². The molecule has 0 fully saturated rings. The Morgan fingerprint density at radius 1 is 1.20 bits per heavy atom. The highest BCUT2D eigenvalue weighted by atomic mass is 16.5. The van der Waals surface area contributed by atoms with Crippen LogP contribution in [0.3, 0.4) is 0 Å². The Bertz CT molecular complexity index is 310. The molecule has 0 radical (unpaired) electrons. The van der Waals surface area contributed by atoms with Crippen molar-refractivity contribution < 1.29 is 9.53 Å². The van der Waals surface area contributed by atoms with Gasteiger partial charge in [-0.3, -0.25) is 4.79 Å². The van der Waals surface area contributed by atoms with Gasteiger partial charge < -0.3 is 4.74 Å². The first-order valence-corrected chi connectivity index (χ1v) is 5.05. The Morgan fingerprint density at radius 3 is 2.13 bits per heavy atom. The molecule has 0 atom stereocenters. The number of allylic oxidation sites excluding steroid dienone is 1. The highest BCUT2D eigenvalue weighted by Gasteiger charge is 1.90. The first-order valence-electron chi connectivity index (χ1n) is 5.05. The van der Waals surface area contributed by atoms with E-state index in [2.05, 4.69) is 0 Å². The molecule has 2 heteroatoms. The fourth-order valence-corrected chi connectivity index (χ4v) is 0.929. The molecule has 82 valence electrons. The Balaban J connectivity index is 0.000000921. The molecule has 2 nitrogen and oxygen atoms in total. The molecule has 0 aliphatic heterocycles. The molecule has 1 aromatic carbocycles. The van der Waals surface area contributed by atoms with Gasteiger partial charge in [-0.1, -0.05) is 32.1 Å². The van der Waals surface area contributed by atoms with Crippen molar-refractivity contribution in [3.05, 3.63) is 35.9 Å². The number of hydrogen-bond donors (Lipinski definition) is 0. The van der Waals surface area contributed by atoms with Gasteiger partial charge in [0.1, 0.15) is 5.75 Å². The fraction of sp³-hybridized carbons (Fsp3) is 0.308. The number of methoxy groups -OCH3 is 1. The summed E-state index contributed by atoms with van der Waals surface area (Å²) in [7, 11) is 1.63. The molecule has 15 heavy (non-hydrogen) atoms. The third-order valence-electron chi connectivity index (χ3n) is 1.63. The van der Waals surface area contributed by atoms with Crippen LogP contribution in [0, 0.1) is 0 Å². The van der Waals surface area contributed by atoms with Crippen molar-refractivity contribution in [1.29, 1.82) is 0 Å². The quantitative estimate of drug-likeness (QED) is 0.709. The van der Waals surface area contributed by atoms with Crippen molar-refractivity contribution in [2.45, 2.75) is 20.8 Å². The van der Waals surface area contributed by atoms with Crippen LogP contribution in [0.4, 0.5) is 0 Å². The molecule has 0 saturated carbocycles. The Labute approximate surface area is 91.6 Å². The van der Waals surface area contributed by atoms with Crippen LogP contribution < -0.4 is 4.74 Å². The Morgan fingerprint density at radius 2 is 1.73 bits per heavy atom. The molecular weight excluding hydrogens is 188 g/mol. The minimum Gasteiger partial charge on any atom is -0.497 e. The fourth-order valence-electron chi connectivity index (χ4n) is 0.929. The Hall–Kier alpha value is -1.57. The highest BCUT2D eigenvalue weighted by molar-refractivity contribution is 5.91. The summed E-state index contributed by atoms with van der Waals surface area (Å²) < 4.78 is 5.00. The van der Waals surface area contributed by atoms with Crippen LogP contribution in [0.5, 0.6) is 5.75 Å². The molecule has 0 amide bonds. The molecule has 0 N–H and O–H groups in total. The molecule has 0 aliphatic carbocycles. The number of ketones is 1. The zero-order chi connectivity index (χ0) is 11.7. The van der Waals surface area contributed by atoms with Crippen molar-refractivity contribution in [2.24, 2.45) is 0 Å². The number of benzene rings is 1. The molecule has 0 unspecified atom stereocenters. The second-order valence-electron chi connectivity index (χ2n) is 2.72. The van der Waals surface area contributed by atoms with Gasteiger partial charge in [-0.25, -0.2) is 0 Å². The van der Waals surface area contributed by atoms with Gasteiger partial charge in [0.15, 0.2) is 5.78 Å². The van der Waals surface area contributed by atoms with Crippen LogP contribution >= 0.6 is 0 Å². The summed E-state index contributed by atoms with van der Waals surface area (Å²) in [4.78, 5) is 10.6. The van der Waals surface area contributed by atoms with Gasteiger partial charge in [0.05, 0.1) is 7.11 Å². The van der Waals surface area contributed by atoms with Crippen LogP contribution in [0.1, 0.15) is 26.3 Å². The second-order valence-corrected chi connectivity index (χ2v) is 2.72. The number of carbonyl (C=O) groups is 1. The molecule has 1 rings (SSSR count). The van der Waals surface area contributed by atoms with E-state index in [0.29, 0.717) is 0 Å². The number of hydrogen-bond acceptors (Lipinski definition) is 2. The Kier molecular flexibility index (Phi) is 6.98. The summed E-state index contributed by atoms with van der Waals surface area (Å²) in [6.07, 6.45) is 3.32. The van der Waals surface area contributed by atoms with Crippen LogP contribution in [-0.2, 0) is 4.79 Å². The van der Waals surface area contributed by atoms with E-state index in [0.717, 1.165) is 11.3 Å². The molecular formula is C13H18O2. The maximum Gasteiger partial charge on any atom is 0.152 e. The number of ether oxygens (including phenoxy) is 1. The topological polar surface area (TPSA) is 26.3 Å². The third kappa shape index (κ3) is 5.68. The van der Waals surface area contributed by atoms with Crippen molar-refractivity contribution in [3.63, 3.8) is 0 Å². The van der Waals surface area contributed by atoms with Gasteiger partial charge in [0.2, 0.25) is 0 Å². The van der Waals surface area contributed by atoms with Crippen LogP contribution in [0.15, 0.2) is 30.3 Å². The van der Waals surface area contributed by atoms with E-state index >= 15 is 0 Å². The van der Waals surface area contributed by atoms with Gasteiger partial charge in [-0.05, 0) is 30.7 Å². The standard InChI is InChI=1S/C11H12O2.C2H6/c1-9(12)3-4-10-5-7-11(13-2)8-6-10;1-2/h3-8H,1-2H3;1-2H3/b4-3+;. The summed E-state index contributed by atoms with van der Waals surface area (Å²) in [5.74, 6) is 0.871. The second kappa shape index (κ2) is 7.80. The third-order valence-corrected chi connectivity index (χ3v) is 1.63. The van der Waals surface area contributed by atoms with Crippen LogP contribution in [-0.4, -0.2) is 12.9 Å². The van der Waals surface area contributed by atoms with E-state index in [9.17, 15) is 4.79 Å². The van der Waals surface area contributed by atoms with Crippen molar-refractivity contribution >= 4 is 11.9 Å². The summed E-state index contributed by atoms with van der Waals surface area (Å²) in [6, 6.07) is 7.52. The van der Waals surface area contributed by atoms with Crippen molar-refractivity contribution in [3.8, 4) is 5.75 Å². The molecule has 0 saturated heterocycles. The molecule has 0 spiro atoms. The summed E-state index contributed by atoms with van der Waals surface area (Å²) in [5.41, 5.74) is 0.996. The lowest BCUT2D eigenvalue weighted by atomic mass is 10.2. The van der Waals surface area contributed by atoms with E-state index in [-0.39, 0.29) is 5.78 Å². The minimum atomic E-state index is 0.0517. The maximum atomic E-state index is 10.6. The van der Waals surface area contributed by atoms with Crippen LogP contribution in [0.25, 0.3) is 6.08 Å². The lowest BCUT2D eigenvalue weighted by molar-refractivity contribution is -0.112. The lowest BCUT2D eigenvalue weighted by Gasteiger charge is -1.98. The first kappa shape index (κ1) is 13.4. The average molecular weight is 206 g/mol. The van der Waals surface area contributed by atoms with Gasteiger partial charge in [0.25, 0.3) is 0 Å². The van der Waals surface area contributed by atoms with Gasteiger partial charge in [-0.15, -0.1) is 0 Å². The van der Waals surface area contributed by atoms with Gasteiger partial charge >= 0.3 is 0 Å². The number of carbonyl (C=O) groups excluding carboxylic acids is 1. The first-order chi connectivity index (χ1) is 7.22. The van der Waals surface area contributed by atoms with Gasteiger partial charge in [-0.2, -0.15) is 0 Å². The largest absolute Gasteiger partial charge is 0.497 e. The van der Waals surface area contributed by atoms with E-state index in [1.54, 1.807) is 19.3 Å². The van der Waals surface area contributed by atoms with Crippen molar-refractivity contribution in [1.82, 2.24) is 0 Å². The zero-order valence-electron chi connectivity index (χ0n) is 9.78. The predicted molar refractivity (Wildman–Crippen MR) is 64.1 cm³/mol. The van der Waals surface area contributed by atoms with Gasteiger partial charge in [0, 0.05) is 0 Å². The van der Waals surface area contributed by atoms with E-state index in [1.807, 2.05) is 38.1 Å². The SMILES string of the molecule is CC.COc1ccc(/C=C/C(C)=O)cc1. The highest BCUT2D eigenvalue weighted by Crippen LogP contribution is 2.11. The van der Waals surface area contributed by atoms with Crippen LogP contribution in [0.2, 0.25) is 0 Å². The molecule has 1 aromatic rings. The zero-order valence-corrected chi connectivity index (χ0v) is 9.78. The lowest BCUT2D eigenvalue weighted by Crippen LogP contribution is -1.82. The predicted octanol–water partition coefficient (Wildman–Crippen LogP) is 3.32. The molecule has 0 heterocycles. The molecule has 0 aliphatic rings. The monoisotopic (exact) mass is 206 g/mol. The van der Waals surface area contributed by atoms with E-state index < -0.39 is 0 Å². The summed E-state index contributed by atoms with van der Waals surface area (Å²) in [6.45, 7) is 5.53. The smallest absolute Gasteiger partial charge is 0.152 e. The van der Waals surface area contributed by atoms with E-state index in [1.165, 1.54) is 6.92 Å². The van der Waals surface area contributed by atoms with E-state index in [4.69, 9.17) is 4.74 Å². The summed E-state index contributed by atoms with van der Waals surface area (Å²) in [5, 5.41) is 0. The minimum absolute atomic E-state index is 0.0517.